The third-order valence-corrected chi connectivity index (χ3v) is 5.16. The van der Waals surface area contributed by atoms with Crippen molar-refractivity contribution in [3.8, 4) is 5.75 Å². The highest BCUT2D eigenvalue weighted by molar-refractivity contribution is 5.99. The Labute approximate surface area is 159 Å². The van der Waals surface area contributed by atoms with Gasteiger partial charge >= 0.3 is 0 Å². The number of pyridine rings is 1. The molecule has 0 unspecified atom stereocenters. The summed E-state index contributed by atoms with van der Waals surface area (Å²) in [6.45, 7) is 11.4. The van der Waals surface area contributed by atoms with Gasteiger partial charge in [0.15, 0.2) is 0 Å². The van der Waals surface area contributed by atoms with Crippen molar-refractivity contribution in [3.05, 3.63) is 35.0 Å². The zero-order chi connectivity index (χ0) is 19.9. The summed E-state index contributed by atoms with van der Waals surface area (Å²) in [4.78, 5) is 33.5. The molecule has 1 N–H and O–H groups in total. The van der Waals surface area contributed by atoms with Crippen LogP contribution < -0.4 is 0 Å². The van der Waals surface area contributed by atoms with Gasteiger partial charge in [0.1, 0.15) is 23.0 Å². The van der Waals surface area contributed by atoms with Gasteiger partial charge in [-0.25, -0.2) is 4.98 Å². The average Bonchev–Trinajstić information content (AvgIpc) is 2.62. The maximum Gasteiger partial charge on any atom is 0.273 e. The molecule has 1 aromatic heterocycles. The first-order valence-corrected chi connectivity index (χ1v) is 9.40. The van der Waals surface area contributed by atoms with Crippen molar-refractivity contribution < 1.29 is 14.7 Å². The van der Waals surface area contributed by atoms with Crippen LogP contribution >= 0.6 is 0 Å². The third-order valence-electron chi connectivity index (χ3n) is 5.16. The summed E-state index contributed by atoms with van der Waals surface area (Å²) in [7, 11) is 0. The Bertz CT molecular complexity index is 907. The lowest BCUT2D eigenvalue weighted by Gasteiger charge is -2.39. The Balaban J connectivity index is 1.90. The van der Waals surface area contributed by atoms with Gasteiger partial charge in [-0.3, -0.25) is 9.59 Å². The minimum atomic E-state index is -0.518. The molecule has 1 atom stereocenters. The lowest BCUT2D eigenvalue weighted by Crippen LogP contribution is -2.58. The van der Waals surface area contributed by atoms with E-state index in [0.717, 1.165) is 16.5 Å². The van der Waals surface area contributed by atoms with Crippen LogP contribution in [0.5, 0.6) is 5.75 Å². The molecule has 1 aliphatic heterocycles. The fourth-order valence-corrected chi connectivity index (χ4v) is 3.71. The van der Waals surface area contributed by atoms with Gasteiger partial charge in [-0.1, -0.05) is 26.0 Å². The maximum absolute atomic E-state index is 13.0. The van der Waals surface area contributed by atoms with Crippen molar-refractivity contribution in [2.24, 2.45) is 5.92 Å². The molecule has 1 saturated heterocycles. The van der Waals surface area contributed by atoms with Gasteiger partial charge in [-0.05, 0) is 43.9 Å². The highest BCUT2D eigenvalue weighted by atomic mass is 16.3. The predicted octanol–water partition coefficient (Wildman–Crippen LogP) is 2.89. The molecule has 6 heteroatoms. The van der Waals surface area contributed by atoms with E-state index in [-0.39, 0.29) is 23.3 Å². The Kier molecular flexibility index (Phi) is 5.09. The van der Waals surface area contributed by atoms with Crippen LogP contribution in [-0.2, 0) is 4.79 Å². The first kappa shape index (κ1) is 19.1. The largest absolute Gasteiger partial charge is 0.505 e. The van der Waals surface area contributed by atoms with Gasteiger partial charge in [-0.15, -0.1) is 0 Å². The number of phenolic OH excluding ortho intramolecular Hbond substituents is 1. The molecule has 1 aromatic carbocycles. The van der Waals surface area contributed by atoms with Crippen LogP contribution in [0.25, 0.3) is 10.9 Å². The monoisotopic (exact) mass is 369 g/mol. The van der Waals surface area contributed by atoms with Gasteiger partial charge in [0.2, 0.25) is 5.91 Å². The van der Waals surface area contributed by atoms with Gasteiger partial charge in [-0.2, -0.15) is 0 Å². The number of carbonyl (C=O) groups excluding carboxylic acids is 2. The Hall–Kier alpha value is -2.63. The molecule has 0 bridgehead atoms. The zero-order valence-electron chi connectivity index (χ0n) is 16.6. The van der Waals surface area contributed by atoms with Crippen LogP contribution in [0.3, 0.4) is 0 Å². The molecule has 0 saturated carbocycles. The van der Waals surface area contributed by atoms with Crippen molar-refractivity contribution in [3.63, 3.8) is 0 Å². The highest BCUT2D eigenvalue weighted by Crippen LogP contribution is 2.30. The van der Waals surface area contributed by atoms with Crippen LogP contribution in [0.4, 0.5) is 0 Å². The van der Waals surface area contributed by atoms with E-state index in [1.54, 1.807) is 17.9 Å². The third kappa shape index (κ3) is 3.48. The average molecular weight is 369 g/mol. The van der Waals surface area contributed by atoms with Crippen LogP contribution in [0.15, 0.2) is 18.2 Å². The number of hydrogen-bond acceptors (Lipinski definition) is 4. The quantitative estimate of drug-likeness (QED) is 0.903. The Morgan fingerprint density at radius 1 is 1.26 bits per heavy atom. The second kappa shape index (κ2) is 7.18. The summed E-state index contributed by atoms with van der Waals surface area (Å²) >= 11 is 0. The molecule has 2 amide bonds. The number of aromatic hydroxyl groups is 1. The van der Waals surface area contributed by atoms with E-state index < -0.39 is 6.04 Å². The molecule has 144 valence electrons. The van der Waals surface area contributed by atoms with Crippen LogP contribution in [0.2, 0.25) is 0 Å². The molecular weight excluding hydrogens is 342 g/mol. The summed E-state index contributed by atoms with van der Waals surface area (Å²) in [5, 5.41) is 11.2. The maximum atomic E-state index is 13.0. The molecule has 0 aliphatic carbocycles. The summed E-state index contributed by atoms with van der Waals surface area (Å²) < 4.78 is 0. The number of phenols is 1. The smallest absolute Gasteiger partial charge is 0.273 e. The number of fused-ring (bicyclic) bond motifs is 1. The second-order valence-electron chi connectivity index (χ2n) is 7.80. The molecule has 1 fully saturated rings. The van der Waals surface area contributed by atoms with E-state index in [1.807, 2.05) is 30.9 Å². The first-order chi connectivity index (χ1) is 12.7. The van der Waals surface area contributed by atoms with Crippen molar-refractivity contribution in [1.29, 1.82) is 0 Å². The fraction of sp³-hybridized carbons (Fsp3) is 0.476. The number of aryl methyl sites for hydroxylation is 2. The minimum Gasteiger partial charge on any atom is -0.505 e. The molecular formula is C21H27N3O3. The van der Waals surface area contributed by atoms with Gasteiger partial charge < -0.3 is 14.9 Å². The molecule has 1 aliphatic rings. The first-order valence-electron chi connectivity index (χ1n) is 9.40. The highest BCUT2D eigenvalue weighted by Gasteiger charge is 2.35. The number of rotatable bonds is 3. The van der Waals surface area contributed by atoms with Crippen molar-refractivity contribution in [2.75, 3.05) is 19.6 Å². The van der Waals surface area contributed by atoms with Crippen LogP contribution in [0.1, 0.15) is 42.4 Å². The lowest BCUT2D eigenvalue weighted by molar-refractivity contribution is -0.140. The van der Waals surface area contributed by atoms with Crippen molar-refractivity contribution in [1.82, 2.24) is 14.8 Å². The summed E-state index contributed by atoms with van der Waals surface area (Å²) in [5.74, 6) is 0.176. The topological polar surface area (TPSA) is 73.7 Å². The van der Waals surface area contributed by atoms with Crippen LogP contribution in [0, 0.1) is 19.8 Å². The zero-order valence-corrected chi connectivity index (χ0v) is 16.6. The van der Waals surface area contributed by atoms with Crippen LogP contribution in [-0.4, -0.2) is 57.4 Å². The summed E-state index contributed by atoms with van der Waals surface area (Å²) in [6, 6.07) is 4.86. The van der Waals surface area contributed by atoms with E-state index in [2.05, 4.69) is 18.8 Å². The van der Waals surface area contributed by atoms with E-state index in [9.17, 15) is 14.7 Å². The van der Waals surface area contributed by atoms with Crippen molar-refractivity contribution >= 4 is 22.7 Å². The standard InChI is InChI=1S/C21H27N3O3/c1-12(2)11-23-8-9-24(15(5)20(23)26)21(27)17-7-6-16-13(3)10-14(4)19(25)18(16)22-17/h6-7,10,12,15,25H,8-9,11H2,1-5H3/t15-/m0/s1. The van der Waals surface area contributed by atoms with Gasteiger partial charge in [0.05, 0.1) is 0 Å². The van der Waals surface area contributed by atoms with E-state index in [0.29, 0.717) is 31.1 Å². The minimum absolute atomic E-state index is 0.0291. The molecule has 2 heterocycles. The number of nitrogens with zero attached hydrogens (tertiary/aromatic N) is 3. The van der Waals surface area contributed by atoms with E-state index >= 15 is 0 Å². The summed E-state index contributed by atoms with van der Waals surface area (Å²) in [6.07, 6.45) is 0. The van der Waals surface area contributed by atoms with Gasteiger partial charge in [0, 0.05) is 25.0 Å². The van der Waals surface area contributed by atoms with E-state index in [1.165, 1.54) is 0 Å². The summed E-state index contributed by atoms with van der Waals surface area (Å²) in [5.41, 5.74) is 2.40. The molecule has 6 nitrogen and oxygen atoms in total. The number of benzene rings is 1. The van der Waals surface area contributed by atoms with Crippen molar-refractivity contribution in [2.45, 2.75) is 40.7 Å². The molecule has 27 heavy (non-hydrogen) atoms. The second-order valence-corrected chi connectivity index (χ2v) is 7.80. The fourth-order valence-electron chi connectivity index (χ4n) is 3.71. The molecule has 0 radical (unpaired) electrons. The Morgan fingerprint density at radius 2 is 1.96 bits per heavy atom. The molecule has 0 spiro atoms. The number of hydrogen-bond donors (Lipinski definition) is 1. The molecule has 2 aromatic rings. The lowest BCUT2D eigenvalue weighted by atomic mass is 10.0. The number of amides is 2. The Morgan fingerprint density at radius 3 is 2.63 bits per heavy atom. The van der Waals surface area contributed by atoms with E-state index in [4.69, 9.17) is 0 Å². The normalized spacial score (nSPS) is 17.9. The number of carbonyl (C=O) groups is 2. The number of piperazine rings is 1. The molecule has 3 rings (SSSR count). The SMILES string of the molecule is Cc1cc(C)c2ccc(C(=O)N3CCN(CC(C)C)C(=O)[C@@H]3C)nc2c1O. The predicted molar refractivity (Wildman–Crippen MR) is 105 cm³/mol. The number of aromatic nitrogens is 1. The van der Waals surface area contributed by atoms with Gasteiger partial charge in [0.25, 0.3) is 5.91 Å².